The standard InChI is InChI=1S/C21H23N3O2S/c1-17-9-12-20(13-10-17)27(25,26)24-21-14-11-19(16-23-21)22-15-5-8-18-6-3-2-4-7-18/h2-4,6-7,9-14,16,22H,5,8,15H2,1H3,(H,23,24). The van der Waals surface area contributed by atoms with E-state index in [1.807, 2.05) is 31.2 Å². The average Bonchev–Trinajstić information content (AvgIpc) is 2.67. The summed E-state index contributed by atoms with van der Waals surface area (Å²) in [7, 11) is -3.63. The predicted octanol–water partition coefficient (Wildman–Crippen LogP) is 4.24. The summed E-state index contributed by atoms with van der Waals surface area (Å²) in [6.07, 6.45) is 3.65. The van der Waals surface area contributed by atoms with Crippen molar-refractivity contribution in [2.24, 2.45) is 0 Å². The summed E-state index contributed by atoms with van der Waals surface area (Å²) < 4.78 is 27.3. The lowest BCUT2D eigenvalue weighted by Crippen LogP contribution is -2.14. The largest absolute Gasteiger partial charge is 0.384 e. The van der Waals surface area contributed by atoms with Crippen LogP contribution in [0.25, 0.3) is 0 Å². The lowest BCUT2D eigenvalue weighted by atomic mass is 10.1. The second-order valence-corrected chi connectivity index (χ2v) is 8.05. The molecule has 0 aliphatic carbocycles. The molecule has 0 aliphatic heterocycles. The molecule has 0 saturated heterocycles. The van der Waals surface area contributed by atoms with Crippen LogP contribution in [0, 0.1) is 6.92 Å². The molecule has 2 aromatic carbocycles. The first-order chi connectivity index (χ1) is 13.0. The highest BCUT2D eigenvalue weighted by molar-refractivity contribution is 7.92. The molecule has 27 heavy (non-hydrogen) atoms. The minimum atomic E-state index is -3.63. The third kappa shape index (κ3) is 5.56. The quantitative estimate of drug-likeness (QED) is 0.573. The van der Waals surface area contributed by atoms with E-state index in [1.54, 1.807) is 36.5 Å². The number of sulfonamides is 1. The maximum Gasteiger partial charge on any atom is 0.263 e. The summed E-state index contributed by atoms with van der Waals surface area (Å²) in [5.74, 6) is 0.297. The minimum absolute atomic E-state index is 0.220. The zero-order valence-corrected chi connectivity index (χ0v) is 16.0. The van der Waals surface area contributed by atoms with Gasteiger partial charge in [0, 0.05) is 6.54 Å². The van der Waals surface area contributed by atoms with Crippen molar-refractivity contribution >= 4 is 21.5 Å². The van der Waals surface area contributed by atoms with Gasteiger partial charge >= 0.3 is 0 Å². The topological polar surface area (TPSA) is 71.1 Å². The Labute approximate surface area is 160 Å². The Morgan fingerprint density at radius 2 is 1.67 bits per heavy atom. The van der Waals surface area contributed by atoms with Gasteiger partial charge in [-0.25, -0.2) is 13.4 Å². The first-order valence-electron chi connectivity index (χ1n) is 8.86. The van der Waals surface area contributed by atoms with Crippen molar-refractivity contribution in [3.63, 3.8) is 0 Å². The highest BCUT2D eigenvalue weighted by Crippen LogP contribution is 2.16. The molecule has 6 heteroatoms. The predicted molar refractivity (Wildman–Crippen MR) is 109 cm³/mol. The first kappa shape index (κ1) is 18.9. The second kappa shape index (κ2) is 8.68. The Balaban J connectivity index is 1.51. The number of rotatable bonds is 8. The highest BCUT2D eigenvalue weighted by atomic mass is 32.2. The van der Waals surface area contributed by atoms with Gasteiger partial charge in [0.1, 0.15) is 5.82 Å². The molecule has 0 atom stereocenters. The molecule has 0 amide bonds. The number of aromatic nitrogens is 1. The van der Waals surface area contributed by atoms with Gasteiger partial charge in [0.2, 0.25) is 0 Å². The molecule has 0 bridgehead atoms. The third-order valence-electron chi connectivity index (χ3n) is 4.15. The fraction of sp³-hybridized carbons (Fsp3) is 0.190. The zero-order valence-electron chi connectivity index (χ0n) is 15.2. The number of hydrogen-bond acceptors (Lipinski definition) is 4. The molecule has 3 rings (SSSR count). The number of pyridine rings is 1. The fourth-order valence-electron chi connectivity index (χ4n) is 2.64. The van der Waals surface area contributed by atoms with Crippen LogP contribution in [-0.2, 0) is 16.4 Å². The van der Waals surface area contributed by atoms with Crippen molar-refractivity contribution in [3.8, 4) is 0 Å². The van der Waals surface area contributed by atoms with E-state index in [2.05, 4.69) is 27.2 Å². The summed E-state index contributed by atoms with van der Waals surface area (Å²) >= 11 is 0. The fourth-order valence-corrected chi connectivity index (χ4v) is 3.65. The minimum Gasteiger partial charge on any atom is -0.384 e. The molecular formula is C21H23N3O2S. The van der Waals surface area contributed by atoms with Crippen LogP contribution in [0.3, 0.4) is 0 Å². The van der Waals surface area contributed by atoms with E-state index in [-0.39, 0.29) is 4.90 Å². The molecule has 0 spiro atoms. The van der Waals surface area contributed by atoms with Crippen LogP contribution in [0.4, 0.5) is 11.5 Å². The van der Waals surface area contributed by atoms with Gasteiger partial charge in [0.05, 0.1) is 16.8 Å². The van der Waals surface area contributed by atoms with E-state index < -0.39 is 10.0 Å². The van der Waals surface area contributed by atoms with Crippen molar-refractivity contribution < 1.29 is 8.42 Å². The number of benzene rings is 2. The summed E-state index contributed by atoms with van der Waals surface area (Å²) in [6, 6.07) is 20.5. The maximum absolute atomic E-state index is 12.4. The van der Waals surface area contributed by atoms with Crippen LogP contribution in [0.2, 0.25) is 0 Å². The normalized spacial score (nSPS) is 11.1. The Hall–Kier alpha value is -2.86. The number of aryl methyl sites for hydroxylation is 2. The van der Waals surface area contributed by atoms with E-state index in [4.69, 9.17) is 0 Å². The lowest BCUT2D eigenvalue weighted by Gasteiger charge is -2.09. The van der Waals surface area contributed by atoms with Crippen LogP contribution in [0.1, 0.15) is 17.5 Å². The first-order valence-corrected chi connectivity index (χ1v) is 10.3. The lowest BCUT2D eigenvalue weighted by molar-refractivity contribution is 0.601. The molecule has 0 aliphatic rings. The Bertz CT molecular complexity index is 955. The van der Waals surface area contributed by atoms with Gasteiger partial charge in [-0.15, -0.1) is 0 Å². The van der Waals surface area contributed by atoms with Crippen LogP contribution < -0.4 is 10.0 Å². The molecule has 2 N–H and O–H groups in total. The van der Waals surface area contributed by atoms with E-state index in [0.29, 0.717) is 5.82 Å². The van der Waals surface area contributed by atoms with Gasteiger partial charge in [-0.3, -0.25) is 4.72 Å². The highest BCUT2D eigenvalue weighted by Gasteiger charge is 2.14. The van der Waals surface area contributed by atoms with E-state index in [9.17, 15) is 8.42 Å². The second-order valence-electron chi connectivity index (χ2n) is 6.37. The molecule has 5 nitrogen and oxygen atoms in total. The van der Waals surface area contributed by atoms with Crippen LogP contribution in [0.15, 0.2) is 77.8 Å². The Morgan fingerprint density at radius 3 is 2.33 bits per heavy atom. The van der Waals surface area contributed by atoms with E-state index in [0.717, 1.165) is 30.6 Å². The van der Waals surface area contributed by atoms with E-state index in [1.165, 1.54) is 5.56 Å². The Morgan fingerprint density at radius 1 is 0.926 bits per heavy atom. The van der Waals surface area contributed by atoms with Crippen LogP contribution in [-0.4, -0.2) is 19.9 Å². The molecule has 0 saturated carbocycles. The molecule has 140 valence electrons. The maximum atomic E-state index is 12.4. The van der Waals surface area contributed by atoms with Crippen molar-refractivity contribution in [1.29, 1.82) is 0 Å². The summed E-state index contributed by atoms with van der Waals surface area (Å²) in [4.78, 5) is 4.41. The number of anilines is 2. The smallest absolute Gasteiger partial charge is 0.263 e. The number of hydrogen-bond donors (Lipinski definition) is 2. The SMILES string of the molecule is Cc1ccc(S(=O)(=O)Nc2ccc(NCCCc3ccccc3)cn2)cc1. The molecular weight excluding hydrogens is 358 g/mol. The van der Waals surface area contributed by atoms with Gasteiger partial charge in [-0.1, -0.05) is 48.0 Å². The number of nitrogens with zero attached hydrogens (tertiary/aromatic N) is 1. The molecule has 0 fully saturated rings. The monoisotopic (exact) mass is 381 g/mol. The van der Waals surface area contributed by atoms with Gasteiger partial charge in [0.15, 0.2) is 0 Å². The third-order valence-corrected chi connectivity index (χ3v) is 5.52. The van der Waals surface area contributed by atoms with Gasteiger partial charge < -0.3 is 5.32 Å². The molecule has 0 radical (unpaired) electrons. The van der Waals surface area contributed by atoms with E-state index >= 15 is 0 Å². The molecule has 0 unspecified atom stereocenters. The van der Waals surface area contributed by atoms with Gasteiger partial charge in [0.25, 0.3) is 10.0 Å². The van der Waals surface area contributed by atoms with Crippen molar-refractivity contribution in [3.05, 3.63) is 84.1 Å². The Kier molecular flexibility index (Phi) is 6.08. The summed E-state index contributed by atoms with van der Waals surface area (Å²) in [5.41, 5.74) is 3.19. The zero-order chi connectivity index (χ0) is 19.1. The van der Waals surface area contributed by atoms with Crippen molar-refractivity contribution in [2.45, 2.75) is 24.7 Å². The molecule has 3 aromatic rings. The van der Waals surface area contributed by atoms with Gasteiger partial charge in [-0.2, -0.15) is 0 Å². The summed E-state index contributed by atoms with van der Waals surface area (Å²) in [6.45, 7) is 2.74. The van der Waals surface area contributed by atoms with Crippen LogP contribution >= 0.6 is 0 Å². The van der Waals surface area contributed by atoms with Crippen LogP contribution in [0.5, 0.6) is 0 Å². The average molecular weight is 382 g/mol. The van der Waals surface area contributed by atoms with Crippen molar-refractivity contribution in [2.75, 3.05) is 16.6 Å². The number of nitrogens with one attached hydrogen (secondary N) is 2. The molecule has 1 aromatic heterocycles. The van der Waals surface area contributed by atoms with Crippen molar-refractivity contribution in [1.82, 2.24) is 4.98 Å². The summed E-state index contributed by atoms with van der Waals surface area (Å²) in [5, 5.41) is 3.30. The molecule has 1 heterocycles. The van der Waals surface area contributed by atoms with Gasteiger partial charge in [-0.05, 0) is 49.6 Å².